The molecule has 0 unspecified atom stereocenters. The number of ether oxygens (including phenoxy) is 1. The van der Waals surface area contributed by atoms with Crippen molar-refractivity contribution in [3.05, 3.63) is 41.7 Å². The topological polar surface area (TPSA) is 76.4 Å². The van der Waals surface area contributed by atoms with E-state index in [-0.39, 0.29) is 11.4 Å². The number of benzene rings is 1. The second-order valence-electron chi connectivity index (χ2n) is 5.74. The largest absolute Gasteiger partial charge is 0.497 e. The Balaban J connectivity index is 1.92. The van der Waals surface area contributed by atoms with Crippen LogP contribution in [0.25, 0.3) is 0 Å². The summed E-state index contributed by atoms with van der Waals surface area (Å²) in [5.41, 5.74) is 0.912. The van der Waals surface area contributed by atoms with Crippen LogP contribution in [0.5, 0.6) is 5.75 Å². The normalized spacial score (nSPS) is 11.1. The zero-order valence-electron chi connectivity index (χ0n) is 13.3. The highest BCUT2D eigenvalue weighted by atomic mass is 16.5. The number of aromatic nitrogens is 1. The molecule has 1 aromatic carbocycles. The van der Waals surface area contributed by atoms with Crippen molar-refractivity contribution in [1.29, 1.82) is 0 Å². The fraction of sp³-hybridized carbons (Fsp3) is 0.375. The van der Waals surface area contributed by atoms with E-state index in [2.05, 4.69) is 29.6 Å². The van der Waals surface area contributed by atoms with Gasteiger partial charge in [-0.2, -0.15) is 0 Å². The highest BCUT2D eigenvalue weighted by molar-refractivity contribution is 5.88. The summed E-state index contributed by atoms with van der Waals surface area (Å²) in [4.78, 5) is 11.9. The third-order valence-corrected chi connectivity index (χ3v) is 3.43. The fourth-order valence-electron chi connectivity index (χ4n) is 2.03. The van der Waals surface area contributed by atoms with Crippen LogP contribution in [-0.4, -0.2) is 24.8 Å². The van der Waals surface area contributed by atoms with Crippen LogP contribution in [0.15, 0.2) is 34.9 Å². The van der Waals surface area contributed by atoms with Crippen molar-refractivity contribution in [1.82, 2.24) is 10.5 Å². The van der Waals surface area contributed by atoms with E-state index in [0.717, 1.165) is 11.3 Å². The molecule has 2 aromatic rings. The van der Waals surface area contributed by atoms with Crippen molar-refractivity contribution in [2.75, 3.05) is 19.0 Å². The van der Waals surface area contributed by atoms with Gasteiger partial charge in [0.1, 0.15) is 11.5 Å². The standard InChI is InChI=1S/C16H21N3O3/c1-11-9-14(19-22-11)18-15(20)17-10-16(2,3)12-5-7-13(21-4)8-6-12/h5-9H,10H2,1-4H3,(H2,17,18,19,20). The molecule has 2 rings (SSSR count). The van der Waals surface area contributed by atoms with Crippen LogP contribution in [0.3, 0.4) is 0 Å². The highest BCUT2D eigenvalue weighted by Gasteiger charge is 2.21. The van der Waals surface area contributed by atoms with E-state index in [0.29, 0.717) is 18.1 Å². The number of amides is 2. The summed E-state index contributed by atoms with van der Waals surface area (Å²) in [6.07, 6.45) is 0. The van der Waals surface area contributed by atoms with Crippen molar-refractivity contribution in [2.45, 2.75) is 26.2 Å². The summed E-state index contributed by atoms with van der Waals surface area (Å²) in [7, 11) is 1.64. The molecule has 6 heteroatoms. The molecule has 0 saturated carbocycles. The number of carbonyl (C=O) groups excluding carboxylic acids is 1. The maximum Gasteiger partial charge on any atom is 0.320 e. The first-order valence-corrected chi connectivity index (χ1v) is 7.03. The lowest BCUT2D eigenvalue weighted by atomic mass is 9.84. The smallest absolute Gasteiger partial charge is 0.320 e. The second kappa shape index (κ2) is 6.51. The summed E-state index contributed by atoms with van der Waals surface area (Å²) < 4.78 is 10.1. The van der Waals surface area contributed by atoms with Crippen LogP contribution in [0.2, 0.25) is 0 Å². The number of nitrogens with one attached hydrogen (secondary N) is 2. The summed E-state index contributed by atoms with van der Waals surface area (Å²) in [5, 5.41) is 9.19. The first kappa shape index (κ1) is 15.9. The van der Waals surface area contributed by atoms with Crippen LogP contribution in [-0.2, 0) is 5.41 Å². The zero-order valence-corrected chi connectivity index (χ0v) is 13.3. The Hall–Kier alpha value is -2.50. The Labute approximate surface area is 129 Å². The lowest BCUT2D eigenvalue weighted by Gasteiger charge is -2.25. The van der Waals surface area contributed by atoms with Crippen LogP contribution >= 0.6 is 0 Å². The number of hydrogen-bond donors (Lipinski definition) is 2. The lowest BCUT2D eigenvalue weighted by molar-refractivity contribution is 0.249. The van der Waals surface area contributed by atoms with E-state index in [1.807, 2.05) is 24.3 Å². The van der Waals surface area contributed by atoms with E-state index in [1.54, 1.807) is 20.1 Å². The maximum absolute atomic E-state index is 11.9. The molecule has 6 nitrogen and oxygen atoms in total. The van der Waals surface area contributed by atoms with E-state index < -0.39 is 0 Å². The molecule has 2 N–H and O–H groups in total. The number of methoxy groups -OCH3 is 1. The average Bonchev–Trinajstić information content (AvgIpc) is 2.90. The molecule has 0 radical (unpaired) electrons. The minimum atomic E-state index is -0.310. The Kier molecular flexibility index (Phi) is 4.70. The third kappa shape index (κ3) is 4.00. The van der Waals surface area contributed by atoms with Gasteiger partial charge in [0.05, 0.1) is 7.11 Å². The van der Waals surface area contributed by atoms with Crippen LogP contribution < -0.4 is 15.4 Å². The number of rotatable bonds is 5. The molecule has 0 fully saturated rings. The van der Waals surface area contributed by atoms with Gasteiger partial charge >= 0.3 is 6.03 Å². The van der Waals surface area contributed by atoms with Gasteiger partial charge in [-0.15, -0.1) is 0 Å². The van der Waals surface area contributed by atoms with Gasteiger partial charge in [0.2, 0.25) is 0 Å². The quantitative estimate of drug-likeness (QED) is 0.890. The molecule has 1 aromatic heterocycles. The van der Waals surface area contributed by atoms with E-state index >= 15 is 0 Å². The van der Waals surface area contributed by atoms with Gasteiger partial charge in [-0.1, -0.05) is 31.1 Å². The molecule has 22 heavy (non-hydrogen) atoms. The molecule has 118 valence electrons. The molecule has 0 aliphatic rings. The number of anilines is 1. The second-order valence-corrected chi connectivity index (χ2v) is 5.74. The van der Waals surface area contributed by atoms with Crippen LogP contribution in [0, 0.1) is 6.92 Å². The van der Waals surface area contributed by atoms with Gasteiger partial charge in [-0.3, -0.25) is 5.32 Å². The number of hydrogen-bond acceptors (Lipinski definition) is 4. The van der Waals surface area contributed by atoms with E-state index in [4.69, 9.17) is 9.26 Å². The minimum absolute atomic E-state index is 0.205. The molecule has 0 aliphatic heterocycles. The predicted molar refractivity (Wildman–Crippen MR) is 84.3 cm³/mol. The van der Waals surface area contributed by atoms with Crippen molar-refractivity contribution < 1.29 is 14.1 Å². The van der Waals surface area contributed by atoms with Crippen LogP contribution in [0.1, 0.15) is 25.2 Å². The van der Waals surface area contributed by atoms with Gasteiger partial charge in [0, 0.05) is 18.0 Å². The number of aryl methyl sites for hydroxylation is 1. The maximum atomic E-state index is 11.9. The van der Waals surface area contributed by atoms with E-state index in [9.17, 15) is 4.79 Å². The Morgan fingerprint density at radius 3 is 2.55 bits per heavy atom. The van der Waals surface area contributed by atoms with Gasteiger partial charge in [0.25, 0.3) is 0 Å². The highest BCUT2D eigenvalue weighted by Crippen LogP contribution is 2.24. The summed E-state index contributed by atoms with van der Waals surface area (Å²) in [5.74, 6) is 1.86. The van der Waals surface area contributed by atoms with Gasteiger partial charge in [-0.25, -0.2) is 4.79 Å². The lowest BCUT2D eigenvalue weighted by Crippen LogP contribution is -2.39. The Morgan fingerprint density at radius 2 is 2.00 bits per heavy atom. The number of carbonyl (C=O) groups is 1. The number of urea groups is 1. The average molecular weight is 303 g/mol. The van der Waals surface area contributed by atoms with Crippen molar-refractivity contribution in [3.63, 3.8) is 0 Å². The first-order chi connectivity index (χ1) is 10.4. The third-order valence-electron chi connectivity index (χ3n) is 3.43. The molecular formula is C16H21N3O3. The van der Waals surface area contributed by atoms with Gasteiger partial charge < -0.3 is 14.6 Å². The Bertz CT molecular complexity index is 632. The molecule has 2 amide bonds. The molecule has 0 aliphatic carbocycles. The van der Waals surface area contributed by atoms with Crippen molar-refractivity contribution in [3.8, 4) is 5.75 Å². The molecule has 0 spiro atoms. The fourth-order valence-corrected chi connectivity index (χ4v) is 2.03. The van der Waals surface area contributed by atoms with E-state index in [1.165, 1.54) is 0 Å². The zero-order chi connectivity index (χ0) is 16.2. The van der Waals surface area contributed by atoms with Crippen LogP contribution in [0.4, 0.5) is 10.6 Å². The Morgan fingerprint density at radius 1 is 1.32 bits per heavy atom. The number of nitrogens with zero attached hydrogens (tertiary/aromatic N) is 1. The SMILES string of the molecule is COc1ccc(C(C)(C)CNC(=O)Nc2cc(C)on2)cc1. The molecule has 0 saturated heterocycles. The molecule has 0 bridgehead atoms. The summed E-state index contributed by atoms with van der Waals surface area (Å²) in [6, 6.07) is 9.17. The van der Waals surface area contributed by atoms with Crippen molar-refractivity contribution >= 4 is 11.8 Å². The molecular weight excluding hydrogens is 282 g/mol. The first-order valence-electron chi connectivity index (χ1n) is 7.03. The summed E-state index contributed by atoms with van der Waals surface area (Å²) in [6.45, 7) is 6.38. The summed E-state index contributed by atoms with van der Waals surface area (Å²) >= 11 is 0. The minimum Gasteiger partial charge on any atom is -0.497 e. The molecule has 0 atom stereocenters. The predicted octanol–water partition coefficient (Wildman–Crippen LogP) is 3.09. The monoisotopic (exact) mass is 303 g/mol. The van der Waals surface area contributed by atoms with Crippen molar-refractivity contribution in [2.24, 2.45) is 0 Å². The van der Waals surface area contributed by atoms with Gasteiger partial charge in [0.15, 0.2) is 5.82 Å². The molecule has 1 heterocycles. The van der Waals surface area contributed by atoms with Gasteiger partial charge in [-0.05, 0) is 24.6 Å².